The third-order valence-electron chi connectivity index (χ3n) is 6.26. The van der Waals surface area contributed by atoms with Gasteiger partial charge in [0.1, 0.15) is 6.10 Å². The molecule has 1 aliphatic rings. The Morgan fingerprint density at radius 3 is 1.98 bits per heavy atom. The number of carbonyl (C=O) groups excluding carboxylic acids is 2. The van der Waals surface area contributed by atoms with E-state index in [1.165, 1.54) is 30.5 Å². The summed E-state index contributed by atoms with van der Waals surface area (Å²) in [6.07, 6.45) is -2.81. The van der Waals surface area contributed by atoms with Crippen LogP contribution in [0.15, 0.2) is 98.3 Å². The Hall–Kier alpha value is -4.57. The van der Waals surface area contributed by atoms with E-state index in [0.29, 0.717) is 0 Å². The van der Waals surface area contributed by atoms with Crippen molar-refractivity contribution in [2.45, 2.75) is 31.1 Å². The lowest BCUT2D eigenvalue weighted by Gasteiger charge is -2.25. The van der Waals surface area contributed by atoms with Crippen LogP contribution in [0.4, 0.5) is 0 Å². The number of nitrogens with one attached hydrogen (secondary N) is 2. The van der Waals surface area contributed by atoms with Crippen molar-refractivity contribution in [3.05, 3.63) is 135 Å². The van der Waals surface area contributed by atoms with Gasteiger partial charge in [0, 0.05) is 18.5 Å². The Bertz CT molecular complexity index is 1810. The molecule has 0 aliphatic carbocycles. The van der Waals surface area contributed by atoms with Gasteiger partial charge in [0.15, 0.2) is 18.4 Å². The van der Waals surface area contributed by atoms with Gasteiger partial charge in [-0.1, -0.05) is 36.4 Å². The summed E-state index contributed by atoms with van der Waals surface area (Å²) in [7, 11) is 0. The van der Waals surface area contributed by atoms with Crippen LogP contribution in [0, 0.1) is 3.57 Å². The number of rotatable bonds is 7. The van der Waals surface area contributed by atoms with E-state index < -0.39 is 59.0 Å². The first-order valence-electron chi connectivity index (χ1n) is 12.2. The monoisotopic (exact) mass is 672 g/mol. The molecule has 41 heavy (non-hydrogen) atoms. The molecule has 0 saturated carbocycles. The van der Waals surface area contributed by atoms with Crippen LogP contribution in [-0.4, -0.2) is 49.4 Å². The summed E-state index contributed by atoms with van der Waals surface area (Å²) >= 11 is 1.76. The third kappa shape index (κ3) is 6.12. The van der Waals surface area contributed by atoms with Crippen molar-refractivity contribution in [1.82, 2.24) is 19.1 Å². The van der Waals surface area contributed by atoms with Crippen LogP contribution >= 0.6 is 22.6 Å². The minimum absolute atomic E-state index is 0.183. The smallest absolute Gasteiger partial charge is 0.338 e. The van der Waals surface area contributed by atoms with Crippen LogP contribution < -0.4 is 22.5 Å². The predicted octanol–water partition coefficient (Wildman–Crippen LogP) is 1.04. The number of aromatic amines is 2. The molecule has 0 amide bonds. The zero-order valence-electron chi connectivity index (χ0n) is 21.0. The number of benzene rings is 2. The first-order chi connectivity index (χ1) is 19.7. The molecule has 13 nitrogen and oxygen atoms in total. The van der Waals surface area contributed by atoms with Crippen molar-refractivity contribution in [2.75, 3.05) is 0 Å². The highest BCUT2D eigenvalue weighted by Crippen LogP contribution is 2.35. The Kier molecular flexibility index (Phi) is 8.11. The van der Waals surface area contributed by atoms with Gasteiger partial charge < -0.3 is 14.2 Å². The van der Waals surface area contributed by atoms with Crippen molar-refractivity contribution in [3.63, 3.8) is 0 Å². The molecule has 5 rings (SSSR count). The summed E-state index contributed by atoms with van der Waals surface area (Å²) in [6.45, 7) is -0.258. The minimum Gasteiger partial charge on any atom is -0.452 e. The normalized spacial score (nSPS) is 19.9. The van der Waals surface area contributed by atoms with Crippen LogP contribution in [0.5, 0.6) is 0 Å². The van der Waals surface area contributed by atoms with E-state index in [9.17, 15) is 28.8 Å². The largest absolute Gasteiger partial charge is 0.452 e. The van der Waals surface area contributed by atoms with Gasteiger partial charge in [0.2, 0.25) is 0 Å². The molecule has 0 spiro atoms. The number of aromatic nitrogens is 4. The quantitative estimate of drug-likeness (QED) is 0.215. The maximum atomic E-state index is 13.2. The second-order valence-electron chi connectivity index (χ2n) is 8.94. The van der Waals surface area contributed by atoms with Crippen LogP contribution in [0.25, 0.3) is 0 Å². The summed E-state index contributed by atoms with van der Waals surface area (Å²) in [5.41, 5.74) is -2.50. The fourth-order valence-electron chi connectivity index (χ4n) is 4.32. The second-order valence-corrected chi connectivity index (χ2v) is 10.1. The molecule has 2 aromatic carbocycles. The molecule has 1 fully saturated rings. The second kappa shape index (κ2) is 11.9. The Morgan fingerprint density at radius 1 is 0.805 bits per heavy atom. The van der Waals surface area contributed by atoms with Crippen LogP contribution in [-0.2, 0) is 20.8 Å². The lowest BCUT2D eigenvalue weighted by molar-refractivity contribution is -0.0542. The molecule has 4 aromatic rings. The summed E-state index contributed by atoms with van der Waals surface area (Å²) in [5.74, 6) is -1.57. The molecule has 2 aromatic heterocycles. The molecule has 1 aliphatic heterocycles. The average Bonchev–Trinajstić information content (AvgIpc) is 3.28. The first kappa shape index (κ1) is 28.0. The van der Waals surface area contributed by atoms with Gasteiger partial charge in [-0.2, -0.15) is 0 Å². The molecule has 1 saturated heterocycles. The van der Waals surface area contributed by atoms with Crippen LogP contribution in [0.2, 0.25) is 0 Å². The minimum atomic E-state index is -1.40. The van der Waals surface area contributed by atoms with Crippen molar-refractivity contribution in [1.29, 1.82) is 0 Å². The maximum Gasteiger partial charge on any atom is 0.338 e. The van der Waals surface area contributed by atoms with Gasteiger partial charge in [-0.15, -0.1) is 0 Å². The van der Waals surface area contributed by atoms with Crippen molar-refractivity contribution in [2.24, 2.45) is 0 Å². The highest BCUT2D eigenvalue weighted by Gasteiger charge is 2.51. The number of hydrogen-bond donors (Lipinski definition) is 2. The highest BCUT2D eigenvalue weighted by molar-refractivity contribution is 14.1. The number of esters is 2. The van der Waals surface area contributed by atoms with E-state index in [-0.39, 0.29) is 21.2 Å². The van der Waals surface area contributed by atoms with E-state index in [2.05, 4.69) is 9.97 Å². The first-order valence-corrected chi connectivity index (χ1v) is 13.3. The summed E-state index contributed by atoms with van der Waals surface area (Å²) < 4.78 is 20.1. The molecular formula is C27H21IN4O9. The maximum absolute atomic E-state index is 13.2. The van der Waals surface area contributed by atoms with E-state index in [1.54, 1.807) is 59.0 Å². The Balaban J connectivity index is 1.59. The zero-order chi connectivity index (χ0) is 29.1. The van der Waals surface area contributed by atoms with E-state index in [1.807, 2.05) is 0 Å². The number of hydrogen-bond acceptors (Lipinski definition) is 9. The highest BCUT2D eigenvalue weighted by atomic mass is 127. The standard InChI is InChI=1S/C27H21IN4O9/c28-17-13-31(26(37)30-22(17)34)14-18-20(40-24(35)15-7-3-1-4-8-15)21(41-25(36)16-9-5-2-6-10-16)23(39-18)32-12-11-19(33)29-27(32)38/h1-13,18,20-21,23H,14H2,(H,29,33,38)(H,30,34,37)/t18-,20-,21-,23-/m1/s1. The molecule has 0 unspecified atom stereocenters. The van der Waals surface area contributed by atoms with Gasteiger partial charge in [0.25, 0.3) is 11.1 Å². The van der Waals surface area contributed by atoms with Crippen molar-refractivity contribution >= 4 is 34.5 Å². The van der Waals surface area contributed by atoms with Crippen molar-refractivity contribution < 1.29 is 23.8 Å². The SMILES string of the molecule is O=C(O[C@@H]1[C@H](OC(=O)c2ccccc2)[C@@H](Cn2cc(I)c(=O)[nH]c2=O)O[C@H]1n1ccc(=O)[nH]c1=O)c1ccccc1. The average molecular weight is 672 g/mol. The third-order valence-corrected chi connectivity index (χ3v) is 7.03. The number of carbonyl (C=O) groups is 2. The Labute approximate surface area is 243 Å². The Morgan fingerprint density at radius 2 is 1.39 bits per heavy atom. The lowest BCUT2D eigenvalue weighted by atomic mass is 10.1. The van der Waals surface area contributed by atoms with E-state index in [4.69, 9.17) is 14.2 Å². The zero-order valence-corrected chi connectivity index (χ0v) is 23.1. The van der Waals surface area contributed by atoms with E-state index in [0.717, 1.165) is 21.4 Å². The fourth-order valence-corrected chi connectivity index (χ4v) is 4.79. The van der Waals surface area contributed by atoms with Crippen LogP contribution in [0.1, 0.15) is 26.9 Å². The van der Waals surface area contributed by atoms with Gasteiger partial charge in [0.05, 0.1) is 21.2 Å². The van der Waals surface area contributed by atoms with Crippen molar-refractivity contribution in [3.8, 4) is 0 Å². The molecule has 4 atom stereocenters. The van der Waals surface area contributed by atoms with Gasteiger partial charge in [-0.05, 0) is 46.9 Å². The summed E-state index contributed by atoms with van der Waals surface area (Å²) in [6, 6.07) is 17.1. The predicted molar refractivity (Wildman–Crippen MR) is 151 cm³/mol. The molecule has 0 bridgehead atoms. The number of nitrogens with zero attached hydrogens (tertiary/aromatic N) is 2. The molecule has 3 heterocycles. The molecule has 210 valence electrons. The van der Waals surface area contributed by atoms with E-state index >= 15 is 0 Å². The molecule has 0 radical (unpaired) electrons. The number of ether oxygens (including phenoxy) is 3. The molecular weight excluding hydrogens is 651 g/mol. The van der Waals surface area contributed by atoms with Gasteiger partial charge in [-0.25, -0.2) is 19.2 Å². The summed E-state index contributed by atoms with van der Waals surface area (Å²) in [5, 5.41) is 0. The molecule has 2 N–H and O–H groups in total. The molecule has 14 heteroatoms. The van der Waals surface area contributed by atoms with Gasteiger partial charge in [-0.3, -0.25) is 28.7 Å². The van der Waals surface area contributed by atoms with Gasteiger partial charge >= 0.3 is 23.3 Å². The lowest BCUT2D eigenvalue weighted by Crippen LogP contribution is -2.43. The number of halogens is 1. The van der Waals surface area contributed by atoms with Crippen LogP contribution in [0.3, 0.4) is 0 Å². The summed E-state index contributed by atoms with van der Waals surface area (Å²) in [4.78, 5) is 79.6. The topological polar surface area (TPSA) is 172 Å². The fraction of sp³-hybridized carbons (Fsp3) is 0.185. The number of H-pyrrole nitrogens is 2.